The van der Waals surface area contributed by atoms with E-state index in [0.29, 0.717) is 12.1 Å². The van der Waals surface area contributed by atoms with Gasteiger partial charge >= 0.3 is 6.09 Å². The summed E-state index contributed by atoms with van der Waals surface area (Å²) < 4.78 is 5.44. The van der Waals surface area contributed by atoms with E-state index >= 15 is 0 Å². The number of amides is 1. The van der Waals surface area contributed by atoms with Gasteiger partial charge in [-0.3, -0.25) is 4.79 Å². The van der Waals surface area contributed by atoms with Crippen LogP contribution in [0.15, 0.2) is 54.6 Å². The summed E-state index contributed by atoms with van der Waals surface area (Å²) in [5.41, 5.74) is 2.41. The lowest BCUT2D eigenvalue weighted by Gasteiger charge is -2.24. The molecule has 0 bridgehead atoms. The Balaban J connectivity index is 1.66. The number of benzene rings is 2. The summed E-state index contributed by atoms with van der Waals surface area (Å²) in [4.78, 5) is 25.3. The number of nitrogens with zero attached hydrogens (tertiary/aromatic N) is 1. The predicted octanol–water partition coefficient (Wildman–Crippen LogP) is 4.54. The highest BCUT2D eigenvalue weighted by Crippen LogP contribution is 2.32. The van der Waals surface area contributed by atoms with Gasteiger partial charge in [0.2, 0.25) is 0 Å². The molecule has 0 aromatic heterocycles. The van der Waals surface area contributed by atoms with E-state index in [2.05, 4.69) is 0 Å². The first-order valence-corrected chi connectivity index (χ1v) is 8.30. The van der Waals surface area contributed by atoms with E-state index in [0.717, 1.165) is 24.0 Å². The third kappa shape index (κ3) is 3.77. The van der Waals surface area contributed by atoms with E-state index in [-0.39, 0.29) is 18.7 Å². The minimum absolute atomic E-state index is 0.0206. The Bertz CT molecular complexity index is 715. The van der Waals surface area contributed by atoms with E-state index < -0.39 is 5.24 Å². The molecule has 5 heteroatoms. The number of carbonyl (C=O) groups is 2. The molecule has 24 heavy (non-hydrogen) atoms. The molecule has 1 saturated heterocycles. The maximum atomic E-state index is 12.4. The number of halogens is 1. The van der Waals surface area contributed by atoms with Gasteiger partial charge in [0.25, 0.3) is 5.24 Å². The second-order valence-corrected chi connectivity index (χ2v) is 6.13. The second-order valence-electron chi connectivity index (χ2n) is 5.79. The van der Waals surface area contributed by atoms with E-state index in [1.165, 1.54) is 0 Å². The summed E-state index contributed by atoms with van der Waals surface area (Å²) in [6, 6.07) is 16.7. The van der Waals surface area contributed by atoms with Crippen molar-refractivity contribution < 1.29 is 14.3 Å². The number of hydrogen-bond donors (Lipinski definition) is 0. The number of hydrogen-bond acceptors (Lipinski definition) is 3. The molecule has 1 aliphatic heterocycles. The average Bonchev–Trinajstić information content (AvgIpc) is 3.10. The minimum Gasteiger partial charge on any atom is -0.445 e. The topological polar surface area (TPSA) is 46.6 Å². The molecule has 2 aromatic carbocycles. The summed E-state index contributed by atoms with van der Waals surface area (Å²) in [5, 5.41) is -0.480. The first kappa shape index (κ1) is 16.5. The Labute approximate surface area is 146 Å². The van der Waals surface area contributed by atoms with Crippen molar-refractivity contribution in [1.29, 1.82) is 0 Å². The molecule has 1 amide bonds. The summed E-state index contributed by atoms with van der Waals surface area (Å²) in [6.07, 6.45) is 1.51. The van der Waals surface area contributed by atoms with Crippen LogP contribution in [0.1, 0.15) is 40.4 Å². The van der Waals surface area contributed by atoms with Crippen molar-refractivity contribution in [2.24, 2.45) is 0 Å². The maximum absolute atomic E-state index is 12.4. The predicted molar refractivity (Wildman–Crippen MR) is 91.9 cm³/mol. The highest BCUT2D eigenvalue weighted by molar-refractivity contribution is 6.67. The van der Waals surface area contributed by atoms with Crippen molar-refractivity contribution in [3.05, 3.63) is 71.3 Å². The van der Waals surface area contributed by atoms with Crippen molar-refractivity contribution in [2.75, 3.05) is 6.54 Å². The molecule has 124 valence electrons. The fraction of sp³-hybridized carbons (Fsp3) is 0.263. The van der Waals surface area contributed by atoms with Gasteiger partial charge in [-0.05, 0) is 47.7 Å². The van der Waals surface area contributed by atoms with E-state index in [1.54, 1.807) is 17.0 Å². The largest absolute Gasteiger partial charge is 0.445 e. The monoisotopic (exact) mass is 343 g/mol. The fourth-order valence-corrected chi connectivity index (χ4v) is 3.10. The molecule has 1 fully saturated rings. The molecule has 0 radical (unpaired) electrons. The molecule has 0 spiro atoms. The van der Waals surface area contributed by atoms with Crippen molar-refractivity contribution in [1.82, 2.24) is 4.90 Å². The molecule has 0 aliphatic carbocycles. The highest BCUT2D eigenvalue weighted by atomic mass is 35.5. The van der Waals surface area contributed by atoms with Gasteiger partial charge in [-0.25, -0.2) is 4.79 Å². The van der Waals surface area contributed by atoms with Gasteiger partial charge in [0.15, 0.2) is 0 Å². The van der Waals surface area contributed by atoms with Gasteiger partial charge in [0, 0.05) is 12.1 Å². The van der Waals surface area contributed by atoms with Crippen molar-refractivity contribution in [3.63, 3.8) is 0 Å². The Morgan fingerprint density at radius 2 is 1.79 bits per heavy atom. The van der Waals surface area contributed by atoms with Crippen molar-refractivity contribution in [3.8, 4) is 0 Å². The summed E-state index contributed by atoms with van der Waals surface area (Å²) in [7, 11) is 0. The molecular formula is C19H18ClNO3. The number of carbonyl (C=O) groups excluding carboxylic acids is 2. The first-order valence-electron chi connectivity index (χ1n) is 7.92. The minimum atomic E-state index is -0.480. The normalized spacial score (nSPS) is 16.9. The lowest BCUT2D eigenvalue weighted by Crippen LogP contribution is -2.31. The van der Waals surface area contributed by atoms with Crippen LogP contribution in [0, 0.1) is 0 Å². The van der Waals surface area contributed by atoms with E-state index in [1.807, 2.05) is 42.5 Å². The van der Waals surface area contributed by atoms with E-state index in [4.69, 9.17) is 16.3 Å². The van der Waals surface area contributed by atoms with Crippen LogP contribution in [0.5, 0.6) is 0 Å². The summed E-state index contributed by atoms with van der Waals surface area (Å²) in [6.45, 7) is 0.942. The number of rotatable bonds is 4. The number of likely N-dealkylation sites (tertiary alicyclic amines) is 1. The molecule has 0 saturated carbocycles. The van der Waals surface area contributed by atoms with Crippen molar-refractivity contribution in [2.45, 2.75) is 25.5 Å². The average molecular weight is 344 g/mol. The van der Waals surface area contributed by atoms with Crippen LogP contribution in [-0.4, -0.2) is 22.8 Å². The van der Waals surface area contributed by atoms with Gasteiger partial charge in [-0.15, -0.1) is 0 Å². The molecule has 1 aliphatic rings. The molecule has 1 unspecified atom stereocenters. The van der Waals surface area contributed by atoms with Gasteiger partial charge < -0.3 is 9.64 Å². The standard InChI is InChI=1S/C19H18ClNO3/c20-18(22)16-10-8-15(9-11-16)17-7-4-12-21(17)19(23)24-13-14-5-2-1-3-6-14/h1-3,5-6,8-11,17H,4,7,12-13H2. The second kappa shape index (κ2) is 7.49. The molecule has 0 N–H and O–H groups in total. The third-order valence-corrected chi connectivity index (χ3v) is 4.43. The van der Waals surface area contributed by atoms with Crippen LogP contribution in [-0.2, 0) is 11.3 Å². The van der Waals surface area contributed by atoms with Gasteiger partial charge in [0.1, 0.15) is 6.61 Å². The van der Waals surface area contributed by atoms with Gasteiger partial charge in [-0.2, -0.15) is 0 Å². The van der Waals surface area contributed by atoms with E-state index in [9.17, 15) is 9.59 Å². The van der Waals surface area contributed by atoms with Gasteiger partial charge in [0.05, 0.1) is 6.04 Å². The van der Waals surface area contributed by atoms with Crippen LogP contribution in [0.4, 0.5) is 4.79 Å². The van der Waals surface area contributed by atoms with Crippen LogP contribution in [0.3, 0.4) is 0 Å². The van der Waals surface area contributed by atoms with Crippen LogP contribution in [0.25, 0.3) is 0 Å². The number of ether oxygens (including phenoxy) is 1. The first-order chi connectivity index (χ1) is 11.6. The zero-order valence-electron chi connectivity index (χ0n) is 13.2. The molecule has 2 aromatic rings. The Hall–Kier alpha value is -2.33. The van der Waals surface area contributed by atoms with Crippen molar-refractivity contribution >= 4 is 22.9 Å². The maximum Gasteiger partial charge on any atom is 0.410 e. The smallest absolute Gasteiger partial charge is 0.410 e. The SMILES string of the molecule is O=C(Cl)c1ccc(C2CCCN2C(=O)OCc2ccccc2)cc1. The molecule has 1 atom stereocenters. The molecular weight excluding hydrogens is 326 g/mol. The summed E-state index contributed by atoms with van der Waals surface area (Å²) >= 11 is 5.47. The zero-order chi connectivity index (χ0) is 16.9. The van der Waals surface area contributed by atoms with Crippen LogP contribution in [0.2, 0.25) is 0 Å². The quantitative estimate of drug-likeness (QED) is 0.766. The summed E-state index contributed by atoms with van der Waals surface area (Å²) in [5.74, 6) is 0. The lowest BCUT2D eigenvalue weighted by atomic mass is 10.0. The van der Waals surface area contributed by atoms with Crippen LogP contribution >= 0.6 is 11.6 Å². The molecule has 3 rings (SSSR count). The highest BCUT2D eigenvalue weighted by Gasteiger charge is 2.31. The third-order valence-electron chi connectivity index (χ3n) is 4.21. The van der Waals surface area contributed by atoms with Crippen LogP contribution < -0.4 is 0 Å². The fourth-order valence-electron chi connectivity index (χ4n) is 2.97. The lowest BCUT2D eigenvalue weighted by molar-refractivity contribution is 0.0920. The van der Waals surface area contributed by atoms with Gasteiger partial charge in [-0.1, -0.05) is 42.5 Å². The molecule has 4 nitrogen and oxygen atoms in total. The Morgan fingerprint density at radius 1 is 1.08 bits per heavy atom. The molecule has 1 heterocycles. The Morgan fingerprint density at radius 3 is 2.46 bits per heavy atom. The zero-order valence-corrected chi connectivity index (χ0v) is 13.9. The Kier molecular flexibility index (Phi) is 5.16.